The van der Waals surface area contributed by atoms with Gasteiger partial charge < -0.3 is 15.7 Å². The van der Waals surface area contributed by atoms with Gasteiger partial charge in [0.1, 0.15) is 5.82 Å². The second-order valence-corrected chi connectivity index (χ2v) is 5.46. The van der Waals surface area contributed by atoms with E-state index in [0.29, 0.717) is 18.4 Å². The number of nitrogens with zero attached hydrogens (tertiary/aromatic N) is 1. The summed E-state index contributed by atoms with van der Waals surface area (Å²) in [6.45, 7) is 3.92. The predicted molar refractivity (Wildman–Crippen MR) is 82.6 cm³/mol. The van der Waals surface area contributed by atoms with Crippen molar-refractivity contribution in [3.63, 3.8) is 0 Å². The normalized spacial score (nSPS) is 22.3. The van der Waals surface area contributed by atoms with Gasteiger partial charge in [-0.2, -0.15) is 0 Å². The number of rotatable bonds is 5. The van der Waals surface area contributed by atoms with Crippen molar-refractivity contribution < 1.29 is 9.50 Å². The average Bonchev–Trinajstić information content (AvgIpc) is 2.87. The molecule has 21 heavy (non-hydrogen) atoms. The largest absolute Gasteiger partial charge is 0.393 e. The van der Waals surface area contributed by atoms with E-state index in [4.69, 9.17) is 0 Å². The molecule has 0 heterocycles. The van der Waals surface area contributed by atoms with E-state index < -0.39 is 0 Å². The van der Waals surface area contributed by atoms with Crippen LogP contribution in [0.3, 0.4) is 0 Å². The van der Waals surface area contributed by atoms with Crippen molar-refractivity contribution >= 4 is 5.96 Å². The molecule has 2 rings (SSSR count). The molecule has 5 heteroatoms. The lowest BCUT2D eigenvalue weighted by Crippen LogP contribution is -2.41. The number of aliphatic hydroxyl groups excluding tert-OH is 1. The number of aliphatic hydroxyl groups is 1. The van der Waals surface area contributed by atoms with Crippen LogP contribution in [0.1, 0.15) is 31.7 Å². The molecule has 0 amide bonds. The fourth-order valence-corrected chi connectivity index (χ4v) is 2.63. The van der Waals surface area contributed by atoms with Gasteiger partial charge >= 0.3 is 0 Å². The van der Waals surface area contributed by atoms with Gasteiger partial charge in [0.2, 0.25) is 0 Å². The summed E-state index contributed by atoms with van der Waals surface area (Å²) < 4.78 is 13.1. The molecule has 1 aromatic rings. The van der Waals surface area contributed by atoms with E-state index >= 15 is 0 Å². The molecular weight excluding hydrogens is 269 g/mol. The standard InChI is InChI=1S/C16H24FN3O/c1-2-18-16(20-11-13-6-4-8-15(13)21)19-10-12-5-3-7-14(17)9-12/h3,5,7,9,13,15,21H,2,4,6,8,10-11H2,1H3,(H2,18,19,20). The van der Waals surface area contributed by atoms with Gasteiger partial charge in [0.15, 0.2) is 5.96 Å². The Labute approximate surface area is 125 Å². The Hall–Kier alpha value is -1.62. The van der Waals surface area contributed by atoms with E-state index in [-0.39, 0.29) is 11.9 Å². The van der Waals surface area contributed by atoms with Crippen LogP contribution in [0.5, 0.6) is 0 Å². The van der Waals surface area contributed by atoms with Gasteiger partial charge in [-0.1, -0.05) is 18.6 Å². The van der Waals surface area contributed by atoms with Crippen LogP contribution in [0.4, 0.5) is 4.39 Å². The molecule has 1 saturated carbocycles. The molecule has 4 nitrogen and oxygen atoms in total. The van der Waals surface area contributed by atoms with Crippen LogP contribution in [0.15, 0.2) is 29.3 Å². The molecule has 1 aliphatic carbocycles. The molecule has 1 fully saturated rings. The molecule has 0 spiro atoms. The minimum absolute atomic E-state index is 0.205. The zero-order valence-corrected chi connectivity index (χ0v) is 12.5. The molecule has 3 N–H and O–H groups in total. The molecule has 116 valence electrons. The highest BCUT2D eigenvalue weighted by Gasteiger charge is 2.24. The lowest BCUT2D eigenvalue weighted by atomic mass is 10.1. The Morgan fingerprint density at radius 2 is 2.24 bits per heavy atom. The zero-order valence-electron chi connectivity index (χ0n) is 12.5. The van der Waals surface area contributed by atoms with Crippen molar-refractivity contribution in [3.8, 4) is 0 Å². The third-order valence-electron chi connectivity index (χ3n) is 3.80. The van der Waals surface area contributed by atoms with E-state index in [1.165, 1.54) is 12.1 Å². The van der Waals surface area contributed by atoms with Gasteiger partial charge in [0.25, 0.3) is 0 Å². The van der Waals surface area contributed by atoms with Gasteiger partial charge in [0, 0.05) is 19.0 Å². The maximum Gasteiger partial charge on any atom is 0.191 e. The molecule has 0 bridgehead atoms. The first-order valence-electron chi connectivity index (χ1n) is 7.63. The number of aliphatic imine (C=N–C) groups is 1. The first kappa shape index (κ1) is 15.8. The SMILES string of the molecule is CCNC(=NCc1cccc(F)c1)NCC1CCCC1O. The van der Waals surface area contributed by atoms with Crippen LogP contribution in [-0.4, -0.2) is 30.3 Å². The topological polar surface area (TPSA) is 56.7 Å². The number of hydrogen-bond donors (Lipinski definition) is 3. The highest BCUT2D eigenvalue weighted by atomic mass is 19.1. The molecular formula is C16H24FN3O. The van der Waals surface area contributed by atoms with Crippen LogP contribution in [0.25, 0.3) is 0 Å². The number of guanidine groups is 1. The third-order valence-corrected chi connectivity index (χ3v) is 3.80. The molecule has 2 unspecified atom stereocenters. The second kappa shape index (κ2) is 7.98. The monoisotopic (exact) mass is 293 g/mol. The van der Waals surface area contributed by atoms with E-state index in [2.05, 4.69) is 15.6 Å². The summed E-state index contributed by atoms with van der Waals surface area (Å²) in [5.74, 6) is 0.763. The summed E-state index contributed by atoms with van der Waals surface area (Å²) in [6, 6.07) is 6.47. The summed E-state index contributed by atoms with van der Waals surface area (Å²) in [6.07, 6.45) is 2.83. The van der Waals surface area contributed by atoms with E-state index in [1.54, 1.807) is 6.07 Å². The first-order chi connectivity index (χ1) is 10.2. The third kappa shape index (κ3) is 5.01. The van der Waals surface area contributed by atoms with Gasteiger partial charge in [0.05, 0.1) is 12.6 Å². The Morgan fingerprint density at radius 3 is 2.90 bits per heavy atom. The average molecular weight is 293 g/mol. The lowest BCUT2D eigenvalue weighted by molar-refractivity contribution is 0.134. The maximum atomic E-state index is 13.1. The molecule has 0 aliphatic heterocycles. The van der Waals surface area contributed by atoms with Gasteiger partial charge in [-0.15, -0.1) is 0 Å². The van der Waals surface area contributed by atoms with Crippen LogP contribution in [0.2, 0.25) is 0 Å². The number of halogens is 1. The van der Waals surface area contributed by atoms with Crippen molar-refractivity contribution in [2.75, 3.05) is 13.1 Å². The summed E-state index contributed by atoms with van der Waals surface area (Å²) in [4.78, 5) is 4.46. The minimum atomic E-state index is -0.241. The smallest absolute Gasteiger partial charge is 0.191 e. The van der Waals surface area contributed by atoms with Crippen molar-refractivity contribution in [2.24, 2.45) is 10.9 Å². The lowest BCUT2D eigenvalue weighted by Gasteiger charge is -2.17. The van der Waals surface area contributed by atoms with Crippen LogP contribution < -0.4 is 10.6 Å². The Balaban J connectivity index is 1.89. The van der Waals surface area contributed by atoms with Gasteiger partial charge in [-0.25, -0.2) is 9.38 Å². The van der Waals surface area contributed by atoms with Gasteiger partial charge in [-0.05, 0) is 37.5 Å². The summed E-state index contributed by atoms with van der Waals surface area (Å²) >= 11 is 0. The fourth-order valence-electron chi connectivity index (χ4n) is 2.63. The van der Waals surface area contributed by atoms with E-state index in [0.717, 1.165) is 37.9 Å². The summed E-state index contributed by atoms with van der Waals surface area (Å²) in [5, 5.41) is 16.3. The highest BCUT2D eigenvalue weighted by Crippen LogP contribution is 2.24. The highest BCUT2D eigenvalue weighted by molar-refractivity contribution is 5.79. The van der Waals surface area contributed by atoms with Gasteiger partial charge in [-0.3, -0.25) is 0 Å². The molecule has 1 aromatic carbocycles. The summed E-state index contributed by atoms with van der Waals surface area (Å²) in [7, 11) is 0. The van der Waals surface area contributed by atoms with Crippen molar-refractivity contribution in [2.45, 2.75) is 38.8 Å². The maximum absolute atomic E-state index is 13.1. The van der Waals surface area contributed by atoms with E-state index in [9.17, 15) is 9.50 Å². The van der Waals surface area contributed by atoms with Crippen molar-refractivity contribution in [3.05, 3.63) is 35.6 Å². The Morgan fingerprint density at radius 1 is 1.38 bits per heavy atom. The number of benzene rings is 1. The molecule has 0 saturated heterocycles. The Kier molecular flexibility index (Phi) is 5.99. The Bertz CT molecular complexity index is 478. The van der Waals surface area contributed by atoms with Crippen molar-refractivity contribution in [1.82, 2.24) is 10.6 Å². The van der Waals surface area contributed by atoms with E-state index in [1.807, 2.05) is 13.0 Å². The van der Waals surface area contributed by atoms with Crippen LogP contribution >= 0.6 is 0 Å². The predicted octanol–water partition coefficient (Wildman–Crippen LogP) is 2.04. The van der Waals surface area contributed by atoms with Crippen LogP contribution in [0, 0.1) is 11.7 Å². The minimum Gasteiger partial charge on any atom is -0.393 e. The second-order valence-electron chi connectivity index (χ2n) is 5.46. The molecule has 1 aliphatic rings. The summed E-state index contributed by atoms with van der Waals surface area (Å²) in [5.41, 5.74) is 0.841. The molecule has 0 radical (unpaired) electrons. The zero-order chi connectivity index (χ0) is 15.1. The van der Waals surface area contributed by atoms with Crippen molar-refractivity contribution in [1.29, 1.82) is 0 Å². The fraction of sp³-hybridized carbons (Fsp3) is 0.562. The first-order valence-corrected chi connectivity index (χ1v) is 7.63. The molecule has 2 atom stereocenters. The molecule has 0 aromatic heterocycles. The quantitative estimate of drug-likeness (QED) is 0.575. The number of hydrogen-bond acceptors (Lipinski definition) is 2. The van der Waals surface area contributed by atoms with Crippen LogP contribution in [-0.2, 0) is 6.54 Å². The number of nitrogens with one attached hydrogen (secondary N) is 2.